The van der Waals surface area contributed by atoms with E-state index in [1.54, 1.807) is 6.20 Å². The van der Waals surface area contributed by atoms with Crippen molar-refractivity contribution in [2.24, 2.45) is 11.7 Å². The summed E-state index contributed by atoms with van der Waals surface area (Å²) in [5.41, 5.74) is 8.03. The minimum Gasteiger partial charge on any atom is -0.346 e. The summed E-state index contributed by atoms with van der Waals surface area (Å²) >= 11 is 0. The first-order chi connectivity index (χ1) is 10.1. The molecule has 0 saturated carbocycles. The van der Waals surface area contributed by atoms with Crippen molar-refractivity contribution in [2.75, 3.05) is 0 Å². The fourth-order valence-corrected chi connectivity index (χ4v) is 2.43. The number of pyridine rings is 1. The number of H-pyrrole nitrogens is 1. The van der Waals surface area contributed by atoms with E-state index in [-0.39, 0.29) is 6.04 Å². The largest absolute Gasteiger partial charge is 0.346 e. The summed E-state index contributed by atoms with van der Waals surface area (Å²) in [6, 6.07) is 3.76. The minimum absolute atomic E-state index is 0.174. The Morgan fingerprint density at radius 2 is 2.24 bits per heavy atom. The van der Waals surface area contributed by atoms with E-state index >= 15 is 0 Å². The van der Waals surface area contributed by atoms with Crippen LogP contribution in [-0.2, 0) is 6.42 Å². The molecule has 0 aliphatic rings. The van der Waals surface area contributed by atoms with Gasteiger partial charge < -0.3 is 15.2 Å². The first-order valence-electron chi connectivity index (χ1n) is 7.12. The number of hydrogen-bond donors (Lipinski definition) is 2. The highest BCUT2D eigenvalue weighted by atomic mass is 16.5. The average Bonchev–Trinajstić information content (AvgIpc) is 3.06. The molecule has 6 heteroatoms. The van der Waals surface area contributed by atoms with Gasteiger partial charge in [0.05, 0.1) is 12.5 Å². The molecular formula is C15H19N5O. The van der Waals surface area contributed by atoms with E-state index < -0.39 is 0 Å². The van der Waals surface area contributed by atoms with Gasteiger partial charge in [0.1, 0.15) is 5.65 Å². The summed E-state index contributed by atoms with van der Waals surface area (Å²) in [7, 11) is 0. The molecule has 0 radical (unpaired) electrons. The zero-order valence-electron chi connectivity index (χ0n) is 12.2. The SMILES string of the molecule is CC(C)CC(N)c1noc(Cc2c[nH]c3ncccc23)n1. The molecule has 1 unspecified atom stereocenters. The number of hydrogen-bond acceptors (Lipinski definition) is 5. The Bertz CT molecular complexity index is 730. The third kappa shape index (κ3) is 2.95. The van der Waals surface area contributed by atoms with E-state index in [4.69, 9.17) is 10.3 Å². The van der Waals surface area contributed by atoms with Gasteiger partial charge in [-0.3, -0.25) is 0 Å². The van der Waals surface area contributed by atoms with E-state index in [1.807, 2.05) is 18.3 Å². The van der Waals surface area contributed by atoms with Gasteiger partial charge in [0, 0.05) is 17.8 Å². The number of nitrogens with one attached hydrogen (secondary N) is 1. The molecule has 3 N–H and O–H groups in total. The summed E-state index contributed by atoms with van der Waals surface area (Å²) in [4.78, 5) is 11.8. The Kier molecular flexibility index (Phi) is 3.70. The van der Waals surface area contributed by atoms with Crippen LogP contribution in [0.4, 0.5) is 0 Å². The van der Waals surface area contributed by atoms with Gasteiger partial charge in [-0.05, 0) is 30.0 Å². The second kappa shape index (κ2) is 5.65. The molecule has 0 aromatic carbocycles. The number of rotatable bonds is 5. The molecule has 0 saturated heterocycles. The molecule has 1 atom stereocenters. The van der Waals surface area contributed by atoms with Crippen molar-refractivity contribution in [1.29, 1.82) is 0 Å². The number of fused-ring (bicyclic) bond motifs is 1. The van der Waals surface area contributed by atoms with Crippen molar-refractivity contribution in [3.8, 4) is 0 Å². The minimum atomic E-state index is -0.174. The summed E-state index contributed by atoms with van der Waals surface area (Å²) in [5, 5.41) is 5.07. The van der Waals surface area contributed by atoms with Gasteiger partial charge >= 0.3 is 0 Å². The molecule has 3 aromatic heterocycles. The topological polar surface area (TPSA) is 93.6 Å². The van der Waals surface area contributed by atoms with Crippen LogP contribution in [0.15, 0.2) is 29.0 Å². The molecule has 0 aliphatic carbocycles. The summed E-state index contributed by atoms with van der Waals surface area (Å²) < 4.78 is 5.31. The summed E-state index contributed by atoms with van der Waals surface area (Å²) in [6.07, 6.45) is 5.11. The maximum atomic E-state index is 6.07. The second-order valence-electron chi connectivity index (χ2n) is 5.67. The fraction of sp³-hybridized carbons (Fsp3) is 0.400. The lowest BCUT2D eigenvalue weighted by atomic mass is 10.0. The maximum Gasteiger partial charge on any atom is 0.231 e. The molecule has 3 rings (SSSR count). The van der Waals surface area contributed by atoms with E-state index in [2.05, 4.69) is 34.0 Å². The van der Waals surface area contributed by atoms with Gasteiger partial charge in [0.25, 0.3) is 0 Å². The molecule has 110 valence electrons. The molecular weight excluding hydrogens is 266 g/mol. The van der Waals surface area contributed by atoms with Crippen LogP contribution in [-0.4, -0.2) is 20.1 Å². The highest BCUT2D eigenvalue weighted by Gasteiger charge is 2.16. The van der Waals surface area contributed by atoms with Crippen LogP contribution in [0.5, 0.6) is 0 Å². The molecule has 0 spiro atoms. The first-order valence-corrected chi connectivity index (χ1v) is 7.12. The quantitative estimate of drug-likeness (QED) is 0.751. The normalized spacial score (nSPS) is 13.1. The predicted octanol–water partition coefficient (Wildman–Crippen LogP) is 2.58. The molecule has 0 aliphatic heterocycles. The van der Waals surface area contributed by atoms with E-state index in [0.717, 1.165) is 23.0 Å². The molecule has 3 heterocycles. The fourth-order valence-electron chi connectivity index (χ4n) is 2.43. The zero-order valence-corrected chi connectivity index (χ0v) is 12.2. The van der Waals surface area contributed by atoms with Crippen molar-refractivity contribution in [3.63, 3.8) is 0 Å². The lowest BCUT2D eigenvalue weighted by Gasteiger charge is -2.08. The van der Waals surface area contributed by atoms with E-state index in [0.29, 0.717) is 24.1 Å². The van der Waals surface area contributed by atoms with Crippen molar-refractivity contribution in [1.82, 2.24) is 20.1 Å². The highest BCUT2D eigenvalue weighted by Crippen LogP contribution is 2.20. The van der Waals surface area contributed by atoms with Crippen LogP contribution in [0.3, 0.4) is 0 Å². The second-order valence-corrected chi connectivity index (χ2v) is 5.67. The molecule has 21 heavy (non-hydrogen) atoms. The average molecular weight is 285 g/mol. The van der Waals surface area contributed by atoms with Crippen molar-refractivity contribution < 1.29 is 4.52 Å². The van der Waals surface area contributed by atoms with Crippen LogP contribution in [0.2, 0.25) is 0 Å². The maximum absolute atomic E-state index is 6.07. The van der Waals surface area contributed by atoms with Crippen molar-refractivity contribution in [2.45, 2.75) is 32.7 Å². The van der Waals surface area contributed by atoms with Gasteiger partial charge in [-0.1, -0.05) is 19.0 Å². The van der Waals surface area contributed by atoms with Gasteiger partial charge in [0.15, 0.2) is 5.82 Å². The van der Waals surface area contributed by atoms with Crippen molar-refractivity contribution in [3.05, 3.63) is 41.8 Å². The van der Waals surface area contributed by atoms with Crippen LogP contribution in [0.1, 0.15) is 43.6 Å². The van der Waals surface area contributed by atoms with Crippen molar-refractivity contribution >= 4 is 11.0 Å². The Balaban J connectivity index is 1.78. The third-order valence-electron chi connectivity index (χ3n) is 3.42. The standard InChI is InChI=1S/C15H19N5O/c1-9(2)6-12(16)15-19-13(21-20-15)7-10-8-18-14-11(10)4-3-5-17-14/h3-5,8-9,12H,6-7,16H2,1-2H3,(H,17,18). The lowest BCUT2D eigenvalue weighted by molar-refractivity contribution is 0.371. The number of aromatic amines is 1. The van der Waals surface area contributed by atoms with Crippen LogP contribution < -0.4 is 5.73 Å². The van der Waals surface area contributed by atoms with E-state index in [9.17, 15) is 0 Å². The Morgan fingerprint density at radius 1 is 1.38 bits per heavy atom. The van der Waals surface area contributed by atoms with Crippen LogP contribution in [0, 0.1) is 5.92 Å². The smallest absolute Gasteiger partial charge is 0.231 e. The number of nitrogens with two attached hydrogens (primary N) is 1. The Morgan fingerprint density at radius 3 is 3.05 bits per heavy atom. The lowest BCUT2D eigenvalue weighted by Crippen LogP contribution is -2.14. The Labute approximate surface area is 122 Å². The molecule has 3 aromatic rings. The summed E-state index contributed by atoms with van der Waals surface area (Å²) in [6.45, 7) is 4.25. The van der Waals surface area contributed by atoms with Gasteiger partial charge in [-0.25, -0.2) is 4.98 Å². The molecule has 0 bridgehead atoms. The van der Waals surface area contributed by atoms with Gasteiger partial charge in [0.2, 0.25) is 5.89 Å². The highest BCUT2D eigenvalue weighted by molar-refractivity contribution is 5.79. The molecule has 0 amide bonds. The van der Waals surface area contributed by atoms with Crippen LogP contribution >= 0.6 is 0 Å². The Hall–Kier alpha value is -2.21. The molecule has 0 fully saturated rings. The molecule has 6 nitrogen and oxygen atoms in total. The van der Waals surface area contributed by atoms with Gasteiger partial charge in [-0.2, -0.15) is 4.98 Å². The predicted molar refractivity (Wildman–Crippen MR) is 79.6 cm³/mol. The van der Waals surface area contributed by atoms with Gasteiger partial charge in [-0.15, -0.1) is 0 Å². The number of aromatic nitrogens is 4. The van der Waals surface area contributed by atoms with Crippen LogP contribution in [0.25, 0.3) is 11.0 Å². The first kappa shape index (κ1) is 13.8. The summed E-state index contributed by atoms with van der Waals surface area (Å²) in [5.74, 6) is 1.66. The number of nitrogens with zero attached hydrogens (tertiary/aromatic N) is 3. The van der Waals surface area contributed by atoms with E-state index in [1.165, 1.54) is 0 Å². The monoisotopic (exact) mass is 285 g/mol. The zero-order chi connectivity index (χ0) is 14.8. The third-order valence-corrected chi connectivity index (χ3v) is 3.42.